The van der Waals surface area contributed by atoms with Gasteiger partial charge in [0.1, 0.15) is 5.60 Å². The lowest BCUT2D eigenvalue weighted by Crippen LogP contribution is -2.42. The summed E-state index contributed by atoms with van der Waals surface area (Å²) in [6, 6.07) is 18.9. The molecule has 2 aromatic carbocycles. The van der Waals surface area contributed by atoms with Gasteiger partial charge in [0.05, 0.1) is 23.7 Å². The van der Waals surface area contributed by atoms with E-state index in [9.17, 15) is 4.79 Å². The minimum Gasteiger partial charge on any atom is -0.453 e. The van der Waals surface area contributed by atoms with Gasteiger partial charge in [-0.25, -0.2) is 4.79 Å². The Morgan fingerprint density at radius 2 is 1.92 bits per heavy atom. The maximum Gasteiger partial charge on any atom is 0.338 e. The number of ether oxygens (including phenoxy) is 1. The molecular weight excluding hydrogens is 324 g/mol. The molecule has 0 amide bonds. The maximum absolute atomic E-state index is 12.5. The summed E-state index contributed by atoms with van der Waals surface area (Å²) >= 11 is 0. The first kappa shape index (κ1) is 16.4. The van der Waals surface area contributed by atoms with Gasteiger partial charge < -0.3 is 9.64 Å². The van der Waals surface area contributed by atoms with Crippen LogP contribution in [-0.4, -0.2) is 29.6 Å². The van der Waals surface area contributed by atoms with Crippen LogP contribution in [-0.2, 0) is 4.74 Å². The lowest BCUT2D eigenvalue weighted by atomic mass is 9.94. The quantitative estimate of drug-likeness (QED) is 0.790. The van der Waals surface area contributed by atoms with Crippen molar-refractivity contribution in [2.45, 2.75) is 24.9 Å². The lowest BCUT2D eigenvalue weighted by molar-refractivity contribution is -0.0270. The summed E-state index contributed by atoms with van der Waals surface area (Å²) < 4.78 is 6.00. The second kappa shape index (κ2) is 6.68. The first-order chi connectivity index (χ1) is 12.7. The highest BCUT2D eigenvalue weighted by molar-refractivity contribution is 5.89. The van der Waals surface area contributed by atoms with Crippen molar-refractivity contribution in [2.75, 3.05) is 13.1 Å². The first-order valence-corrected chi connectivity index (χ1v) is 8.92. The van der Waals surface area contributed by atoms with Crippen molar-refractivity contribution in [3.8, 4) is 6.07 Å². The normalized spacial score (nSPS) is 22.9. The molecule has 4 heteroatoms. The van der Waals surface area contributed by atoms with Crippen molar-refractivity contribution in [1.82, 2.24) is 4.90 Å². The van der Waals surface area contributed by atoms with E-state index in [0.29, 0.717) is 11.1 Å². The smallest absolute Gasteiger partial charge is 0.338 e. The van der Waals surface area contributed by atoms with Gasteiger partial charge in [-0.2, -0.15) is 5.26 Å². The molecule has 0 aromatic heterocycles. The standard InChI is InChI=1S/C22H20N2O2/c23-15-18-9-7-17(8-10-18)13-20-14-22(11-4-12-24(20)16-22)26-21(25)19-5-2-1-3-6-19/h1-3,5-10,13H,4,11-12,14,16H2/b20-13+. The van der Waals surface area contributed by atoms with E-state index in [1.807, 2.05) is 42.5 Å². The number of nitrogens with zero attached hydrogens (tertiary/aromatic N) is 2. The van der Waals surface area contributed by atoms with Crippen LogP contribution >= 0.6 is 0 Å². The van der Waals surface area contributed by atoms with Crippen LogP contribution in [0.25, 0.3) is 6.08 Å². The fourth-order valence-electron chi connectivity index (χ4n) is 3.87. The molecule has 0 saturated carbocycles. The average molecular weight is 344 g/mol. The van der Waals surface area contributed by atoms with E-state index in [2.05, 4.69) is 17.0 Å². The molecule has 2 saturated heterocycles. The summed E-state index contributed by atoms with van der Waals surface area (Å²) in [7, 11) is 0. The number of esters is 1. The van der Waals surface area contributed by atoms with Crippen LogP contribution in [0.15, 0.2) is 60.3 Å². The molecule has 1 atom stereocenters. The summed E-state index contributed by atoms with van der Waals surface area (Å²) in [4.78, 5) is 14.9. The van der Waals surface area contributed by atoms with Gasteiger partial charge in [0.25, 0.3) is 0 Å². The van der Waals surface area contributed by atoms with Crippen LogP contribution in [0.5, 0.6) is 0 Å². The Morgan fingerprint density at radius 1 is 1.15 bits per heavy atom. The number of piperidine rings is 1. The molecule has 0 N–H and O–H groups in total. The fraction of sp³-hybridized carbons (Fsp3) is 0.273. The van der Waals surface area contributed by atoms with Gasteiger partial charge in [0, 0.05) is 18.7 Å². The van der Waals surface area contributed by atoms with Gasteiger partial charge >= 0.3 is 5.97 Å². The van der Waals surface area contributed by atoms with Crippen molar-refractivity contribution in [3.05, 3.63) is 77.0 Å². The molecule has 2 heterocycles. The zero-order valence-corrected chi connectivity index (χ0v) is 14.5. The number of hydrogen-bond donors (Lipinski definition) is 0. The summed E-state index contributed by atoms with van der Waals surface area (Å²) in [6.45, 7) is 1.75. The third kappa shape index (κ3) is 3.21. The molecular formula is C22H20N2O2. The summed E-state index contributed by atoms with van der Waals surface area (Å²) in [5, 5.41) is 8.93. The van der Waals surface area contributed by atoms with Crippen LogP contribution in [0, 0.1) is 11.3 Å². The molecule has 2 fully saturated rings. The van der Waals surface area contributed by atoms with Gasteiger partial charge in [0.2, 0.25) is 0 Å². The summed E-state index contributed by atoms with van der Waals surface area (Å²) in [5.74, 6) is -0.243. The molecule has 2 aliphatic rings. The highest BCUT2D eigenvalue weighted by atomic mass is 16.6. The highest BCUT2D eigenvalue weighted by Crippen LogP contribution is 2.41. The van der Waals surface area contributed by atoms with Gasteiger partial charge in [-0.3, -0.25) is 0 Å². The van der Waals surface area contributed by atoms with Crippen LogP contribution < -0.4 is 0 Å². The molecule has 0 spiro atoms. The zero-order valence-electron chi connectivity index (χ0n) is 14.5. The van der Waals surface area contributed by atoms with E-state index in [-0.39, 0.29) is 5.97 Å². The third-order valence-electron chi connectivity index (χ3n) is 5.14. The first-order valence-electron chi connectivity index (χ1n) is 8.92. The zero-order chi connectivity index (χ0) is 18.0. The van der Waals surface area contributed by atoms with E-state index in [1.54, 1.807) is 12.1 Å². The molecule has 0 aliphatic carbocycles. The Balaban J connectivity index is 1.54. The molecule has 2 bridgehead atoms. The van der Waals surface area contributed by atoms with Crippen molar-refractivity contribution >= 4 is 12.0 Å². The Morgan fingerprint density at radius 3 is 2.65 bits per heavy atom. The Kier molecular flexibility index (Phi) is 4.22. The summed E-state index contributed by atoms with van der Waals surface area (Å²) in [6.07, 6.45) is 4.80. The predicted octanol–water partition coefficient (Wildman–Crippen LogP) is 3.99. The largest absolute Gasteiger partial charge is 0.453 e. The number of nitriles is 1. The number of carbonyl (C=O) groups is 1. The third-order valence-corrected chi connectivity index (χ3v) is 5.14. The van der Waals surface area contributed by atoms with E-state index in [0.717, 1.165) is 37.9 Å². The van der Waals surface area contributed by atoms with Gasteiger partial charge in [-0.05, 0) is 48.7 Å². The molecule has 0 radical (unpaired) electrons. The summed E-state index contributed by atoms with van der Waals surface area (Å²) in [5.41, 5.74) is 3.10. The van der Waals surface area contributed by atoms with E-state index >= 15 is 0 Å². The highest BCUT2D eigenvalue weighted by Gasteiger charge is 2.46. The van der Waals surface area contributed by atoms with Crippen molar-refractivity contribution in [3.63, 3.8) is 0 Å². The molecule has 4 rings (SSSR count). The molecule has 2 aromatic rings. The lowest BCUT2D eigenvalue weighted by Gasteiger charge is -2.33. The topological polar surface area (TPSA) is 53.3 Å². The minimum absolute atomic E-state index is 0.243. The number of carbonyl (C=O) groups excluding carboxylic acids is 1. The molecule has 130 valence electrons. The number of rotatable bonds is 3. The minimum atomic E-state index is -0.427. The second-order valence-corrected chi connectivity index (χ2v) is 7.01. The average Bonchev–Trinajstić information content (AvgIpc) is 2.92. The van der Waals surface area contributed by atoms with Crippen LogP contribution in [0.4, 0.5) is 0 Å². The van der Waals surface area contributed by atoms with Gasteiger partial charge in [-0.1, -0.05) is 30.3 Å². The number of hydrogen-bond acceptors (Lipinski definition) is 4. The SMILES string of the molecule is N#Cc1ccc(/C=C2\CC3(OC(=O)c4ccccc4)CCCN2C3)cc1. The monoisotopic (exact) mass is 344 g/mol. The van der Waals surface area contributed by atoms with Gasteiger partial charge in [-0.15, -0.1) is 0 Å². The Hall–Kier alpha value is -3.06. The number of fused-ring (bicyclic) bond motifs is 2. The van der Waals surface area contributed by atoms with Crippen LogP contribution in [0.2, 0.25) is 0 Å². The molecule has 1 unspecified atom stereocenters. The fourth-order valence-corrected chi connectivity index (χ4v) is 3.87. The van der Waals surface area contributed by atoms with E-state index in [4.69, 9.17) is 10.00 Å². The molecule has 4 nitrogen and oxygen atoms in total. The van der Waals surface area contributed by atoms with Crippen molar-refractivity contribution in [1.29, 1.82) is 5.26 Å². The maximum atomic E-state index is 12.5. The second-order valence-electron chi connectivity index (χ2n) is 7.01. The van der Waals surface area contributed by atoms with Crippen molar-refractivity contribution < 1.29 is 9.53 Å². The Bertz CT molecular complexity index is 881. The Labute approximate surface area is 153 Å². The van der Waals surface area contributed by atoms with E-state index < -0.39 is 5.60 Å². The predicted molar refractivity (Wildman–Crippen MR) is 99.1 cm³/mol. The molecule has 2 aliphatic heterocycles. The van der Waals surface area contributed by atoms with Crippen LogP contribution in [0.3, 0.4) is 0 Å². The number of benzene rings is 2. The van der Waals surface area contributed by atoms with Crippen molar-refractivity contribution in [2.24, 2.45) is 0 Å². The van der Waals surface area contributed by atoms with Crippen LogP contribution in [0.1, 0.15) is 40.7 Å². The van der Waals surface area contributed by atoms with E-state index in [1.165, 1.54) is 5.70 Å². The van der Waals surface area contributed by atoms with Gasteiger partial charge in [0.15, 0.2) is 0 Å². The molecule has 26 heavy (non-hydrogen) atoms.